The van der Waals surface area contributed by atoms with Crippen LogP contribution in [-0.2, 0) is 11.5 Å². The van der Waals surface area contributed by atoms with E-state index in [2.05, 4.69) is 35.7 Å². The van der Waals surface area contributed by atoms with E-state index in [0.717, 1.165) is 23.7 Å². The molecule has 0 unspecified atom stereocenters. The van der Waals surface area contributed by atoms with Gasteiger partial charge in [0.1, 0.15) is 24.8 Å². The Labute approximate surface area is 137 Å². The number of hydrogen-bond acceptors (Lipinski definition) is 5. The van der Waals surface area contributed by atoms with Gasteiger partial charge >= 0.3 is 0 Å². The SMILES string of the molecule is C[Si](C)(C)CCOCn1ccc2c(/C(C#N)=C/CN)ncnc21. The first-order chi connectivity index (χ1) is 11.0. The van der Waals surface area contributed by atoms with Crippen LogP contribution in [0.1, 0.15) is 5.69 Å². The zero-order valence-corrected chi connectivity index (χ0v) is 14.9. The fourth-order valence-electron chi connectivity index (χ4n) is 2.18. The van der Waals surface area contributed by atoms with Gasteiger partial charge in [0.15, 0.2) is 0 Å². The fraction of sp³-hybridized carbons (Fsp3) is 0.438. The lowest BCUT2D eigenvalue weighted by molar-refractivity contribution is 0.0899. The first kappa shape index (κ1) is 17.3. The zero-order chi connectivity index (χ0) is 16.9. The molecule has 2 aromatic rings. The van der Waals surface area contributed by atoms with Gasteiger partial charge in [0.2, 0.25) is 0 Å². The van der Waals surface area contributed by atoms with Crippen molar-refractivity contribution in [2.45, 2.75) is 32.4 Å². The number of nitriles is 1. The third-order valence-corrected chi connectivity index (χ3v) is 5.18. The molecule has 2 rings (SSSR count). The summed E-state index contributed by atoms with van der Waals surface area (Å²) in [6, 6.07) is 5.18. The quantitative estimate of drug-likeness (QED) is 0.479. The molecule has 0 atom stereocenters. The molecular weight excluding hydrogens is 306 g/mol. The molecular formula is C16H23N5OSi. The predicted molar refractivity (Wildman–Crippen MR) is 94.3 cm³/mol. The molecule has 0 aliphatic heterocycles. The van der Waals surface area contributed by atoms with Crippen LogP contribution in [0.4, 0.5) is 0 Å². The van der Waals surface area contributed by atoms with Crippen molar-refractivity contribution < 1.29 is 4.74 Å². The Kier molecular flexibility index (Phi) is 5.66. The molecule has 0 saturated heterocycles. The summed E-state index contributed by atoms with van der Waals surface area (Å²) in [5.74, 6) is 0. The standard InChI is InChI=1S/C16H23N5OSi/c1-23(2,3)9-8-22-12-21-7-5-14-15(13(10-18)4-6-17)19-11-20-16(14)21/h4-5,7,11H,6,8-9,12,17H2,1-3H3/b13-4+. The Hall–Kier alpha value is -2.01. The summed E-state index contributed by atoms with van der Waals surface area (Å²) >= 11 is 0. The largest absolute Gasteiger partial charge is 0.361 e. The van der Waals surface area contributed by atoms with Crippen LogP contribution in [0.2, 0.25) is 25.7 Å². The van der Waals surface area contributed by atoms with Crippen LogP contribution < -0.4 is 5.73 Å². The van der Waals surface area contributed by atoms with E-state index in [9.17, 15) is 5.26 Å². The van der Waals surface area contributed by atoms with E-state index in [1.54, 1.807) is 6.08 Å². The molecule has 0 bridgehead atoms. The minimum atomic E-state index is -1.09. The van der Waals surface area contributed by atoms with Crippen molar-refractivity contribution in [1.29, 1.82) is 5.26 Å². The third kappa shape index (κ3) is 4.48. The summed E-state index contributed by atoms with van der Waals surface area (Å²) in [5, 5.41) is 10.1. The van der Waals surface area contributed by atoms with Crippen LogP contribution in [0.15, 0.2) is 24.7 Å². The molecule has 0 aliphatic rings. The highest BCUT2D eigenvalue weighted by atomic mass is 28.3. The van der Waals surface area contributed by atoms with Crippen molar-refractivity contribution in [1.82, 2.24) is 14.5 Å². The molecule has 2 aromatic heterocycles. The molecule has 23 heavy (non-hydrogen) atoms. The summed E-state index contributed by atoms with van der Waals surface area (Å²) in [6.07, 6.45) is 5.05. The van der Waals surface area contributed by atoms with Crippen molar-refractivity contribution >= 4 is 24.7 Å². The maximum Gasteiger partial charge on any atom is 0.145 e. The second-order valence-corrected chi connectivity index (χ2v) is 12.2. The zero-order valence-electron chi connectivity index (χ0n) is 13.9. The van der Waals surface area contributed by atoms with Gasteiger partial charge < -0.3 is 15.0 Å². The molecule has 122 valence electrons. The monoisotopic (exact) mass is 329 g/mol. The van der Waals surface area contributed by atoms with Crippen LogP contribution >= 0.6 is 0 Å². The predicted octanol–water partition coefficient (Wildman–Crippen LogP) is 2.61. The normalized spacial score (nSPS) is 12.6. The summed E-state index contributed by atoms with van der Waals surface area (Å²) < 4.78 is 7.71. The highest BCUT2D eigenvalue weighted by Gasteiger charge is 2.14. The van der Waals surface area contributed by atoms with E-state index in [4.69, 9.17) is 10.5 Å². The molecule has 0 saturated carbocycles. The Morgan fingerprint density at radius 3 is 2.87 bits per heavy atom. The topological polar surface area (TPSA) is 89.8 Å². The highest BCUT2D eigenvalue weighted by Crippen LogP contribution is 2.22. The van der Waals surface area contributed by atoms with Crippen LogP contribution in [-0.4, -0.2) is 35.8 Å². The maximum atomic E-state index is 9.26. The number of ether oxygens (including phenoxy) is 1. The summed E-state index contributed by atoms with van der Waals surface area (Å²) in [6.45, 7) is 8.49. The van der Waals surface area contributed by atoms with Crippen molar-refractivity contribution in [2.24, 2.45) is 5.73 Å². The number of aromatic nitrogens is 3. The van der Waals surface area contributed by atoms with Gasteiger partial charge in [-0.15, -0.1) is 0 Å². The van der Waals surface area contributed by atoms with Gasteiger partial charge in [-0.05, 0) is 12.1 Å². The Bertz CT molecular complexity index is 739. The second-order valence-electron chi connectivity index (χ2n) is 6.56. The Balaban J connectivity index is 2.19. The molecule has 0 spiro atoms. The smallest absolute Gasteiger partial charge is 0.145 e. The van der Waals surface area contributed by atoms with Crippen molar-refractivity contribution in [3.05, 3.63) is 30.4 Å². The first-order valence-corrected chi connectivity index (χ1v) is 11.4. The molecule has 0 aromatic carbocycles. The highest BCUT2D eigenvalue weighted by molar-refractivity contribution is 6.76. The summed E-state index contributed by atoms with van der Waals surface area (Å²) in [4.78, 5) is 8.55. The van der Waals surface area contributed by atoms with Crippen molar-refractivity contribution in [3.8, 4) is 6.07 Å². The average molecular weight is 329 g/mol. The molecule has 0 fully saturated rings. The number of rotatable bonds is 7. The van der Waals surface area contributed by atoms with E-state index in [1.165, 1.54) is 6.33 Å². The number of nitrogens with two attached hydrogens (primary N) is 1. The van der Waals surface area contributed by atoms with E-state index < -0.39 is 8.07 Å². The lowest BCUT2D eigenvalue weighted by atomic mass is 10.1. The number of fused-ring (bicyclic) bond motifs is 1. The summed E-state index contributed by atoms with van der Waals surface area (Å²) in [7, 11) is -1.09. The van der Waals surface area contributed by atoms with Gasteiger partial charge in [-0.2, -0.15) is 5.26 Å². The Morgan fingerprint density at radius 1 is 1.43 bits per heavy atom. The van der Waals surface area contributed by atoms with Gasteiger partial charge in [0.05, 0.1) is 11.3 Å². The third-order valence-electron chi connectivity index (χ3n) is 3.48. The molecule has 7 heteroatoms. The lowest BCUT2D eigenvalue weighted by Crippen LogP contribution is -2.22. The number of allylic oxidation sites excluding steroid dienone is 1. The molecule has 6 nitrogen and oxygen atoms in total. The molecule has 2 heterocycles. The second kappa shape index (κ2) is 7.50. The molecule has 0 aliphatic carbocycles. The van der Waals surface area contributed by atoms with Crippen LogP contribution in [0, 0.1) is 11.3 Å². The van der Waals surface area contributed by atoms with E-state index in [0.29, 0.717) is 24.5 Å². The van der Waals surface area contributed by atoms with E-state index >= 15 is 0 Å². The van der Waals surface area contributed by atoms with Crippen molar-refractivity contribution in [2.75, 3.05) is 13.2 Å². The number of hydrogen-bond donors (Lipinski definition) is 1. The Morgan fingerprint density at radius 2 is 2.22 bits per heavy atom. The van der Waals surface area contributed by atoms with Gasteiger partial charge in [-0.3, -0.25) is 0 Å². The van der Waals surface area contributed by atoms with Gasteiger partial charge in [-0.1, -0.05) is 25.7 Å². The van der Waals surface area contributed by atoms with E-state index in [1.807, 2.05) is 16.8 Å². The molecule has 0 amide bonds. The minimum Gasteiger partial charge on any atom is -0.361 e. The minimum absolute atomic E-state index is 0.300. The van der Waals surface area contributed by atoms with Crippen molar-refractivity contribution in [3.63, 3.8) is 0 Å². The summed E-state index contributed by atoms with van der Waals surface area (Å²) in [5.41, 5.74) is 7.36. The van der Waals surface area contributed by atoms with Crippen LogP contribution in [0.3, 0.4) is 0 Å². The van der Waals surface area contributed by atoms with E-state index in [-0.39, 0.29) is 0 Å². The average Bonchev–Trinajstić information content (AvgIpc) is 2.91. The van der Waals surface area contributed by atoms with Gasteiger partial charge in [-0.25, -0.2) is 9.97 Å². The number of nitrogens with zero attached hydrogens (tertiary/aromatic N) is 4. The van der Waals surface area contributed by atoms with Crippen LogP contribution in [0.25, 0.3) is 16.6 Å². The first-order valence-electron chi connectivity index (χ1n) is 7.64. The lowest BCUT2D eigenvalue weighted by Gasteiger charge is -2.15. The molecule has 2 N–H and O–H groups in total. The fourth-order valence-corrected chi connectivity index (χ4v) is 2.93. The molecule has 0 radical (unpaired) electrons. The maximum absolute atomic E-state index is 9.26. The van der Waals surface area contributed by atoms with Crippen LogP contribution in [0.5, 0.6) is 0 Å². The van der Waals surface area contributed by atoms with Gasteiger partial charge in [0.25, 0.3) is 0 Å². The van der Waals surface area contributed by atoms with Gasteiger partial charge in [0, 0.05) is 32.8 Å².